The Labute approximate surface area is 156 Å². The van der Waals surface area contributed by atoms with Gasteiger partial charge in [-0.05, 0) is 43.5 Å². The molecule has 0 fully saturated rings. The van der Waals surface area contributed by atoms with Gasteiger partial charge in [0.15, 0.2) is 0 Å². The Morgan fingerprint density at radius 1 is 1.12 bits per heavy atom. The number of carboxylic acids is 1. The molecule has 0 spiro atoms. The van der Waals surface area contributed by atoms with Crippen molar-refractivity contribution in [3.05, 3.63) is 63.6 Å². The fraction of sp³-hybridized carbons (Fsp3) is 0.300. The molecular weight excluding hydrogens is 382 g/mol. The van der Waals surface area contributed by atoms with Crippen LogP contribution < -0.4 is 5.32 Å². The van der Waals surface area contributed by atoms with Crippen LogP contribution in [0, 0.1) is 25.7 Å². The number of hydrogen-bond donors (Lipinski definition) is 2. The van der Waals surface area contributed by atoms with E-state index in [0.717, 1.165) is 21.2 Å². The Morgan fingerprint density at radius 2 is 1.76 bits per heavy atom. The van der Waals surface area contributed by atoms with Gasteiger partial charge in [0.2, 0.25) is 5.91 Å². The molecule has 0 heterocycles. The predicted octanol–water partition coefficient (Wildman–Crippen LogP) is 4.58. The van der Waals surface area contributed by atoms with Crippen LogP contribution in [0.3, 0.4) is 0 Å². The molecule has 1 amide bonds. The second-order valence-corrected chi connectivity index (χ2v) is 7.23. The SMILES string of the molecule is Cc1ccc(CC(C(=O)O)C(C)C(=O)Nc2ccc(C)c(Br)c2)cc1. The van der Waals surface area contributed by atoms with Crippen molar-refractivity contribution in [2.75, 3.05) is 5.32 Å². The predicted molar refractivity (Wildman–Crippen MR) is 103 cm³/mol. The molecule has 0 saturated heterocycles. The van der Waals surface area contributed by atoms with Crippen molar-refractivity contribution in [3.8, 4) is 0 Å². The number of anilines is 1. The first-order valence-corrected chi connectivity index (χ1v) is 8.92. The van der Waals surface area contributed by atoms with E-state index in [-0.39, 0.29) is 5.91 Å². The van der Waals surface area contributed by atoms with E-state index < -0.39 is 17.8 Å². The standard InChI is InChI=1S/C20H22BrNO3/c1-12-4-7-15(8-5-12)10-17(20(24)25)14(3)19(23)22-16-9-6-13(2)18(21)11-16/h4-9,11,14,17H,10H2,1-3H3,(H,22,23)(H,24,25). The van der Waals surface area contributed by atoms with Crippen LogP contribution in [0.4, 0.5) is 5.69 Å². The average molecular weight is 404 g/mol. The number of benzene rings is 2. The maximum absolute atomic E-state index is 12.5. The van der Waals surface area contributed by atoms with Crippen LogP contribution in [-0.2, 0) is 16.0 Å². The van der Waals surface area contributed by atoms with Crippen molar-refractivity contribution in [1.82, 2.24) is 0 Å². The third-order valence-electron chi connectivity index (χ3n) is 4.35. The molecule has 4 nitrogen and oxygen atoms in total. The minimum Gasteiger partial charge on any atom is -0.481 e. The molecular formula is C20H22BrNO3. The van der Waals surface area contributed by atoms with Crippen molar-refractivity contribution in [1.29, 1.82) is 0 Å². The molecule has 2 aromatic carbocycles. The van der Waals surface area contributed by atoms with Crippen molar-refractivity contribution < 1.29 is 14.7 Å². The number of aryl methyl sites for hydroxylation is 2. The van der Waals surface area contributed by atoms with Crippen molar-refractivity contribution in [2.24, 2.45) is 11.8 Å². The first-order valence-electron chi connectivity index (χ1n) is 8.13. The summed E-state index contributed by atoms with van der Waals surface area (Å²) in [4.78, 5) is 24.2. The summed E-state index contributed by atoms with van der Waals surface area (Å²) in [5.74, 6) is -2.70. The number of halogens is 1. The quantitative estimate of drug-likeness (QED) is 0.741. The van der Waals surface area contributed by atoms with E-state index in [9.17, 15) is 14.7 Å². The Kier molecular flexibility index (Phi) is 6.37. The molecule has 2 N–H and O–H groups in total. The summed E-state index contributed by atoms with van der Waals surface area (Å²) in [6.45, 7) is 5.60. The monoisotopic (exact) mass is 403 g/mol. The fourth-order valence-corrected chi connectivity index (χ4v) is 2.94. The van der Waals surface area contributed by atoms with E-state index >= 15 is 0 Å². The van der Waals surface area contributed by atoms with Crippen molar-refractivity contribution in [2.45, 2.75) is 27.2 Å². The van der Waals surface area contributed by atoms with Gasteiger partial charge in [0.1, 0.15) is 0 Å². The maximum Gasteiger partial charge on any atom is 0.307 e. The Hall–Kier alpha value is -2.14. The normalized spacial score (nSPS) is 13.1. The van der Waals surface area contributed by atoms with Crippen LogP contribution in [0.15, 0.2) is 46.9 Å². The Morgan fingerprint density at radius 3 is 2.32 bits per heavy atom. The third kappa shape index (κ3) is 5.16. The van der Waals surface area contributed by atoms with Gasteiger partial charge in [-0.2, -0.15) is 0 Å². The van der Waals surface area contributed by atoms with Gasteiger partial charge in [-0.3, -0.25) is 9.59 Å². The summed E-state index contributed by atoms with van der Waals surface area (Å²) in [6, 6.07) is 13.2. The van der Waals surface area contributed by atoms with Gasteiger partial charge < -0.3 is 10.4 Å². The summed E-state index contributed by atoms with van der Waals surface area (Å²) >= 11 is 3.43. The Bertz CT molecular complexity index is 771. The zero-order valence-electron chi connectivity index (χ0n) is 14.5. The zero-order chi connectivity index (χ0) is 18.6. The second-order valence-electron chi connectivity index (χ2n) is 6.38. The van der Waals surface area contributed by atoms with Gasteiger partial charge >= 0.3 is 5.97 Å². The average Bonchev–Trinajstić information content (AvgIpc) is 2.56. The van der Waals surface area contributed by atoms with E-state index in [4.69, 9.17) is 0 Å². The van der Waals surface area contributed by atoms with E-state index in [1.54, 1.807) is 13.0 Å². The minimum absolute atomic E-state index is 0.296. The molecule has 0 bridgehead atoms. The molecule has 2 aromatic rings. The maximum atomic E-state index is 12.5. The first kappa shape index (κ1) is 19.2. The summed E-state index contributed by atoms with van der Waals surface area (Å²) in [5, 5.41) is 12.4. The van der Waals surface area contributed by atoms with Crippen molar-refractivity contribution >= 4 is 33.5 Å². The van der Waals surface area contributed by atoms with Crippen LogP contribution in [-0.4, -0.2) is 17.0 Å². The molecule has 5 heteroatoms. The van der Waals surface area contributed by atoms with Gasteiger partial charge in [-0.25, -0.2) is 0 Å². The topological polar surface area (TPSA) is 66.4 Å². The van der Waals surface area contributed by atoms with E-state index in [1.807, 2.05) is 50.2 Å². The molecule has 25 heavy (non-hydrogen) atoms. The highest BCUT2D eigenvalue weighted by Crippen LogP contribution is 2.23. The van der Waals surface area contributed by atoms with Crippen LogP contribution in [0.5, 0.6) is 0 Å². The minimum atomic E-state index is -0.965. The molecule has 2 unspecified atom stereocenters. The number of carbonyl (C=O) groups excluding carboxylic acids is 1. The number of nitrogens with one attached hydrogen (secondary N) is 1. The van der Waals surface area contributed by atoms with Crippen LogP contribution in [0.25, 0.3) is 0 Å². The van der Waals surface area contributed by atoms with Crippen LogP contribution >= 0.6 is 15.9 Å². The second kappa shape index (κ2) is 8.30. The number of aliphatic carboxylic acids is 1. The number of amides is 1. The van der Waals surface area contributed by atoms with Gasteiger partial charge in [-0.15, -0.1) is 0 Å². The molecule has 0 aliphatic rings. The molecule has 0 saturated carbocycles. The molecule has 0 aromatic heterocycles. The van der Waals surface area contributed by atoms with E-state index in [0.29, 0.717) is 12.1 Å². The summed E-state index contributed by atoms with van der Waals surface area (Å²) in [6.07, 6.45) is 0.321. The lowest BCUT2D eigenvalue weighted by Gasteiger charge is -2.20. The molecule has 2 atom stereocenters. The number of rotatable bonds is 6. The van der Waals surface area contributed by atoms with E-state index in [1.165, 1.54) is 0 Å². The number of carbonyl (C=O) groups is 2. The summed E-state index contributed by atoms with van der Waals surface area (Å²) < 4.78 is 0.896. The Balaban J connectivity index is 2.11. The van der Waals surface area contributed by atoms with Crippen LogP contribution in [0.2, 0.25) is 0 Å². The molecule has 0 aliphatic carbocycles. The highest BCUT2D eigenvalue weighted by Gasteiger charge is 2.30. The smallest absolute Gasteiger partial charge is 0.307 e. The molecule has 0 aliphatic heterocycles. The highest BCUT2D eigenvalue weighted by molar-refractivity contribution is 9.10. The third-order valence-corrected chi connectivity index (χ3v) is 5.20. The lowest BCUT2D eigenvalue weighted by molar-refractivity contribution is -0.145. The van der Waals surface area contributed by atoms with E-state index in [2.05, 4.69) is 21.2 Å². The summed E-state index contributed by atoms with van der Waals surface area (Å²) in [5.41, 5.74) is 3.74. The van der Waals surface area contributed by atoms with Gasteiger partial charge in [0, 0.05) is 16.1 Å². The fourth-order valence-electron chi connectivity index (χ4n) is 2.57. The van der Waals surface area contributed by atoms with Crippen molar-refractivity contribution in [3.63, 3.8) is 0 Å². The van der Waals surface area contributed by atoms with Crippen LogP contribution in [0.1, 0.15) is 23.6 Å². The summed E-state index contributed by atoms with van der Waals surface area (Å²) in [7, 11) is 0. The highest BCUT2D eigenvalue weighted by atomic mass is 79.9. The lowest BCUT2D eigenvalue weighted by atomic mass is 9.87. The van der Waals surface area contributed by atoms with Gasteiger partial charge in [-0.1, -0.05) is 58.7 Å². The molecule has 0 radical (unpaired) electrons. The number of hydrogen-bond acceptors (Lipinski definition) is 2. The largest absolute Gasteiger partial charge is 0.481 e. The molecule has 2 rings (SSSR count). The molecule has 132 valence electrons. The number of carboxylic acid groups (broad SMARTS) is 1. The zero-order valence-corrected chi connectivity index (χ0v) is 16.1. The van der Waals surface area contributed by atoms with Gasteiger partial charge in [0.25, 0.3) is 0 Å². The lowest BCUT2D eigenvalue weighted by Crippen LogP contribution is -2.33. The first-order chi connectivity index (χ1) is 11.8. The van der Waals surface area contributed by atoms with Gasteiger partial charge in [0.05, 0.1) is 5.92 Å².